The molecule has 0 aliphatic rings. The molecule has 31 heavy (non-hydrogen) atoms. The summed E-state index contributed by atoms with van der Waals surface area (Å²) in [6, 6.07) is 8.84. The predicted octanol–water partition coefficient (Wildman–Crippen LogP) is 1.18. The molecule has 0 aliphatic carbocycles. The number of benzene rings is 2. The molecule has 0 radical (unpaired) electrons. The molecule has 168 valence electrons. The molecule has 1 amide bonds. The fraction of sp³-hybridized carbons (Fsp3) is 0.300. The van der Waals surface area contributed by atoms with Gasteiger partial charge in [-0.05, 0) is 29.8 Å². The first-order chi connectivity index (χ1) is 14.6. The third-order valence-corrected chi connectivity index (χ3v) is 5.91. The van der Waals surface area contributed by atoms with E-state index in [0.717, 1.165) is 4.31 Å². The van der Waals surface area contributed by atoms with Crippen molar-refractivity contribution in [1.82, 2.24) is 4.31 Å². The third kappa shape index (κ3) is 5.86. The van der Waals surface area contributed by atoms with Crippen molar-refractivity contribution in [2.75, 3.05) is 34.9 Å². The molecule has 0 spiro atoms. The fourth-order valence-electron chi connectivity index (χ4n) is 2.52. The van der Waals surface area contributed by atoms with Gasteiger partial charge in [-0.1, -0.05) is 12.1 Å². The maximum atomic E-state index is 12.5. The zero-order valence-electron chi connectivity index (χ0n) is 17.6. The third-order valence-electron chi connectivity index (χ3n) is 4.10. The van der Waals surface area contributed by atoms with E-state index in [1.807, 2.05) is 0 Å². The Labute approximate surface area is 180 Å². The first-order valence-electron chi connectivity index (χ1n) is 8.95. The molecule has 2 aromatic rings. The van der Waals surface area contributed by atoms with Gasteiger partial charge in [0.2, 0.25) is 15.8 Å². The lowest BCUT2D eigenvalue weighted by molar-refractivity contribution is -0.120. The van der Waals surface area contributed by atoms with Gasteiger partial charge in [0, 0.05) is 14.1 Å². The highest BCUT2D eigenvalue weighted by molar-refractivity contribution is 7.89. The minimum absolute atomic E-state index is 0.0883. The number of methoxy groups -OCH3 is 2. The Morgan fingerprint density at radius 3 is 2.16 bits per heavy atom. The van der Waals surface area contributed by atoms with E-state index in [4.69, 9.17) is 24.7 Å². The van der Waals surface area contributed by atoms with Gasteiger partial charge < -0.3 is 24.7 Å². The zero-order valence-corrected chi connectivity index (χ0v) is 18.4. The van der Waals surface area contributed by atoms with E-state index in [1.54, 1.807) is 12.1 Å². The van der Waals surface area contributed by atoms with E-state index >= 15 is 0 Å². The van der Waals surface area contributed by atoms with Crippen LogP contribution in [0.3, 0.4) is 0 Å². The van der Waals surface area contributed by atoms with Crippen LogP contribution < -0.4 is 19.9 Å². The first-order valence-corrected chi connectivity index (χ1v) is 10.4. The van der Waals surface area contributed by atoms with Crippen LogP contribution >= 0.6 is 0 Å². The molecule has 2 rings (SSSR count). The van der Waals surface area contributed by atoms with E-state index in [2.05, 4.69) is 0 Å². The maximum Gasteiger partial charge on any atom is 0.338 e. The van der Waals surface area contributed by atoms with Crippen molar-refractivity contribution in [3.8, 4) is 17.2 Å². The predicted molar refractivity (Wildman–Crippen MR) is 111 cm³/mol. The summed E-state index contributed by atoms with van der Waals surface area (Å²) in [4.78, 5) is 23.6. The average molecular weight is 452 g/mol. The molecule has 0 unspecified atom stereocenters. The van der Waals surface area contributed by atoms with E-state index < -0.39 is 28.5 Å². The van der Waals surface area contributed by atoms with E-state index in [1.165, 1.54) is 52.6 Å². The van der Waals surface area contributed by atoms with Crippen LogP contribution in [-0.2, 0) is 26.2 Å². The molecule has 10 nitrogen and oxygen atoms in total. The Balaban J connectivity index is 2.22. The molecule has 0 saturated heterocycles. The van der Waals surface area contributed by atoms with Crippen molar-refractivity contribution in [3.63, 3.8) is 0 Å². The summed E-state index contributed by atoms with van der Waals surface area (Å²) in [6.07, 6.45) is 0. The lowest BCUT2D eigenvalue weighted by Crippen LogP contribution is -2.22. The summed E-state index contributed by atoms with van der Waals surface area (Å²) in [5.74, 6) is -0.981. The largest absolute Gasteiger partial charge is 0.493 e. The first kappa shape index (κ1) is 24.0. The second-order valence-electron chi connectivity index (χ2n) is 6.48. The molecule has 0 saturated carbocycles. The summed E-state index contributed by atoms with van der Waals surface area (Å²) in [7, 11) is 1.97. The number of hydrogen-bond donors (Lipinski definition) is 1. The standard InChI is InChI=1S/C20H24N2O8S/c1-22(2)31(25,26)15-7-5-6-13(8-15)11-30-20(24)14-9-16(27-3)19(17(10-14)28-4)29-12-18(21)23/h5-10H,11-12H2,1-4H3,(H2,21,23). The summed E-state index contributed by atoms with van der Waals surface area (Å²) in [5.41, 5.74) is 5.70. The summed E-state index contributed by atoms with van der Waals surface area (Å²) in [5, 5.41) is 0. The van der Waals surface area contributed by atoms with Crippen LogP contribution in [0.2, 0.25) is 0 Å². The number of carbonyl (C=O) groups excluding carboxylic acids is 2. The highest BCUT2D eigenvalue weighted by atomic mass is 32.2. The lowest BCUT2D eigenvalue weighted by Gasteiger charge is -2.15. The smallest absolute Gasteiger partial charge is 0.338 e. The lowest BCUT2D eigenvalue weighted by atomic mass is 10.1. The van der Waals surface area contributed by atoms with Gasteiger partial charge in [-0.3, -0.25) is 4.79 Å². The number of nitrogens with zero attached hydrogens (tertiary/aromatic N) is 1. The number of primary amides is 1. The van der Waals surface area contributed by atoms with Crippen LogP contribution in [0.25, 0.3) is 0 Å². The fourth-order valence-corrected chi connectivity index (χ4v) is 3.49. The molecule has 0 aliphatic heterocycles. The second-order valence-corrected chi connectivity index (χ2v) is 8.63. The van der Waals surface area contributed by atoms with Crippen LogP contribution in [0, 0.1) is 0 Å². The van der Waals surface area contributed by atoms with Gasteiger partial charge in [-0.15, -0.1) is 0 Å². The molecule has 0 aromatic heterocycles. The second kappa shape index (κ2) is 10.1. The van der Waals surface area contributed by atoms with Gasteiger partial charge >= 0.3 is 5.97 Å². The number of carbonyl (C=O) groups is 2. The maximum absolute atomic E-state index is 12.5. The minimum Gasteiger partial charge on any atom is -0.493 e. The SMILES string of the molecule is COc1cc(C(=O)OCc2cccc(S(=O)(=O)N(C)C)c2)cc(OC)c1OCC(N)=O. The average Bonchev–Trinajstić information content (AvgIpc) is 2.75. The Hall–Kier alpha value is -3.31. The van der Waals surface area contributed by atoms with Crippen molar-refractivity contribution in [1.29, 1.82) is 0 Å². The van der Waals surface area contributed by atoms with Gasteiger partial charge in [0.25, 0.3) is 5.91 Å². The molecular formula is C20H24N2O8S. The van der Waals surface area contributed by atoms with Gasteiger partial charge in [0.1, 0.15) is 6.61 Å². The van der Waals surface area contributed by atoms with Crippen LogP contribution in [0.15, 0.2) is 41.3 Å². The molecule has 2 N–H and O–H groups in total. The van der Waals surface area contributed by atoms with Gasteiger partial charge in [-0.2, -0.15) is 0 Å². The number of rotatable bonds is 10. The number of nitrogens with two attached hydrogens (primary N) is 1. The van der Waals surface area contributed by atoms with Crippen molar-refractivity contribution in [2.24, 2.45) is 5.73 Å². The van der Waals surface area contributed by atoms with Crippen molar-refractivity contribution in [3.05, 3.63) is 47.5 Å². The monoisotopic (exact) mass is 452 g/mol. The van der Waals surface area contributed by atoms with Crippen LogP contribution in [0.5, 0.6) is 17.2 Å². The number of sulfonamides is 1. The molecular weight excluding hydrogens is 428 g/mol. The highest BCUT2D eigenvalue weighted by Gasteiger charge is 2.20. The summed E-state index contributed by atoms with van der Waals surface area (Å²) < 4.78 is 46.7. The van der Waals surface area contributed by atoms with E-state index in [-0.39, 0.29) is 34.3 Å². The van der Waals surface area contributed by atoms with Crippen LogP contribution in [0.1, 0.15) is 15.9 Å². The molecule has 0 fully saturated rings. The summed E-state index contributed by atoms with van der Waals surface area (Å²) in [6.45, 7) is -0.553. The Morgan fingerprint density at radius 1 is 1.03 bits per heavy atom. The normalized spacial score (nSPS) is 11.1. The summed E-state index contributed by atoms with van der Waals surface area (Å²) >= 11 is 0. The number of hydrogen-bond acceptors (Lipinski definition) is 8. The molecule has 11 heteroatoms. The number of esters is 1. The molecule has 0 heterocycles. The topological polar surface area (TPSA) is 134 Å². The number of ether oxygens (including phenoxy) is 4. The van der Waals surface area contributed by atoms with Crippen molar-refractivity contribution < 1.29 is 37.0 Å². The quantitative estimate of drug-likeness (QED) is 0.531. The van der Waals surface area contributed by atoms with E-state index in [0.29, 0.717) is 5.56 Å². The molecule has 0 bridgehead atoms. The minimum atomic E-state index is -3.61. The van der Waals surface area contributed by atoms with Crippen molar-refractivity contribution in [2.45, 2.75) is 11.5 Å². The Bertz CT molecular complexity index is 1040. The zero-order chi connectivity index (χ0) is 23.2. The van der Waals surface area contributed by atoms with Crippen LogP contribution in [0.4, 0.5) is 0 Å². The Morgan fingerprint density at radius 2 is 1.65 bits per heavy atom. The van der Waals surface area contributed by atoms with Crippen LogP contribution in [-0.4, -0.2) is 59.5 Å². The number of amides is 1. The Kier molecular flexibility index (Phi) is 7.83. The highest BCUT2D eigenvalue weighted by Crippen LogP contribution is 2.38. The van der Waals surface area contributed by atoms with Crippen molar-refractivity contribution >= 4 is 21.9 Å². The van der Waals surface area contributed by atoms with E-state index in [9.17, 15) is 18.0 Å². The molecule has 2 aromatic carbocycles. The van der Waals surface area contributed by atoms with Gasteiger partial charge in [0.15, 0.2) is 18.1 Å². The van der Waals surface area contributed by atoms with Gasteiger partial charge in [-0.25, -0.2) is 17.5 Å². The molecule has 0 atom stereocenters. The van der Waals surface area contributed by atoms with Gasteiger partial charge in [0.05, 0.1) is 24.7 Å².